The average molecular weight is 427 g/mol. The van der Waals surface area contributed by atoms with Gasteiger partial charge in [0.15, 0.2) is 0 Å². The number of imide groups is 1. The maximum absolute atomic E-state index is 13.5. The summed E-state index contributed by atoms with van der Waals surface area (Å²) in [6, 6.07) is 12.9. The molecule has 2 aromatic rings. The lowest BCUT2D eigenvalue weighted by Crippen LogP contribution is -2.41. The second-order valence-corrected chi connectivity index (χ2v) is 8.84. The molecule has 2 unspecified atom stereocenters. The molecule has 1 saturated heterocycles. The molecule has 2 aliphatic rings. The number of carbonyl (C=O) groups is 2. The minimum atomic E-state index is -0.352. The Morgan fingerprint density at radius 1 is 0.933 bits per heavy atom. The van der Waals surface area contributed by atoms with Gasteiger partial charge in [-0.3, -0.25) is 14.5 Å². The molecule has 0 N–H and O–H groups in total. The van der Waals surface area contributed by atoms with Crippen LogP contribution >= 0.6 is 11.6 Å². The molecule has 2 heterocycles. The maximum atomic E-state index is 13.5. The smallest absolute Gasteiger partial charge is 0.278 e. The highest BCUT2D eigenvalue weighted by Gasteiger charge is 2.42. The van der Waals surface area contributed by atoms with E-state index in [-0.39, 0.29) is 24.2 Å². The molecule has 0 saturated carbocycles. The molecular formula is C24H24ClFN2O2. The number of amides is 2. The minimum absolute atomic E-state index is 0.109. The molecule has 4 nitrogen and oxygen atoms in total. The van der Waals surface area contributed by atoms with E-state index in [0.717, 1.165) is 19.5 Å². The van der Waals surface area contributed by atoms with Gasteiger partial charge in [-0.15, -0.1) is 0 Å². The van der Waals surface area contributed by atoms with Crippen LogP contribution in [-0.2, 0) is 16.1 Å². The van der Waals surface area contributed by atoms with Crippen molar-refractivity contribution >= 4 is 29.0 Å². The van der Waals surface area contributed by atoms with Crippen molar-refractivity contribution in [1.82, 2.24) is 9.80 Å². The second-order valence-electron chi connectivity index (χ2n) is 8.40. The van der Waals surface area contributed by atoms with Gasteiger partial charge in [0.2, 0.25) is 0 Å². The predicted molar refractivity (Wildman–Crippen MR) is 115 cm³/mol. The van der Waals surface area contributed by atoms with E-state index < -0.39 is 0 Å². The van der Waals surface area contributed by atoms with Gasteiger partial charge in [-0.2, -0.15) is 0 Å². The van der Waals surface area contributed by atoms with Crippen LogP contribution in [0.3, 0.4) is 0 Å². The highest BCUT2D eigenvalue weighted by molar-refractivity contribution is 6.35. The monoisotopic (exact) mass is 426 g/mol. The van der Waals surface area contributed by atoms with Crippen molar-refractivity contribution in [2.45, 2.75) is 26.8 Å². The lowest BCUT2D eigenvalue weighted by atomic mass is 9.91. The van der Waals surface area contributed by atoms with Crippen molar-refractivity contribution in [2.24, 2.45) is 11.8 Å². The number of hydrogen-bond acceptors (Lipinski definition) is 3. The fraction of sp³-hybridized carbons (Fsp3) is 0.333. The van der Waals surface area contributed by atoms with Crippen molar-refractivity contribution in [1.29, 1.82) is 0 Å². The van der Waals surface area contributed by atoms with Crippen LogP contribution < -0.4 is 0 Å². The van der Waals surface area contributed by atoms with E-state index in [4.69, 9.17) is 11.6 Å². The quantitative estimate of drug-likeness (QED) is 0.663. The van der Waals surface area contributed by atoms with Crippen molar-refractivity contribution in [2.75, 3.05) is 13.1 Å². The fourth-order valence-electron chi connectivity index (χ4n) is 4.49. The van der Waals surface area contributed by atoms with Crippen LogP contribution in [0.2, 0.25) is 5.02 Å². The van der Waals surface area contributed by atoms with Crippen LogP contribution in [0.25, 0.3) is 5.57 Å². The lowest BCUT2D eigenvalue weighted by molar-refractivity contribution is -0.138. The Morgan fingerprint density at radius 2 is 1.53 bits per heavy atom. The zero-order valence-electron chi connectivity index (χ0n) is 17.1. The van der Waals surface area contributed by atoms with E-state index in [1.165, 1.54) is 17.0 Å². The highest BCUT2D eigenvalue weighted by atomic mass is 35.5. The molecule has 0 spiro atoms. The van der Waals surface area contributed by atoms with Gasteiger partial charge in [0.25, 0.3) is 11.8 Å². The van der Waals surface area contributed by atoms with E-state index in [9.17, 15) is 14.0 Å². The molecule has 2 aromatic carbocycles. The summed E-state index contributed by atoms with van der Waals surface area (Å²) in [5.41, 5.74) is 2.26. The van der Waals surface area contributed by atoms with Crippen LogP contribution in [0.1, 0.15) is 31.4 Å². The van der Waals surface area contributed by atoms with E-state index >= 15 is 0 Å². The van der Waals surface area contributed by atoms with E-state index in [2.05, 4.69) is 18.7 Å². The molecule has 2 amide bonds. The number of hydrogen-bond donors (Lipinski definition) is 0. The Balaban J connectivity index is 1.74. The first-order chi connectivity index (χ1) is 14.3. The molecule has 0 radical (unpaired) electrons. The molecule has 0 aliphatic carbocycles. The van der Waals surface area contributed by atoms with Gasteiger partial charge in [0, 0.05) is 18.1 Å². The van der Waals surface area contributed by atoms with E-state index in [0.29, 0.717) is 39.3 Å². The largest absolute Gasteiger partial charge is 0.366 e. The standard InChI is InChI=1S/C24H24ClFN2O2/c1-15-11-16(2)13-27(12-15)22-21(18-5-7-19(25)8-6-18)23(29)28(24(22)30)14-17-3-9-20(26)10-4-17/h3-10,15-16H,11-14H2,1-2H3. The molecule has 0 aromatic heterocycles. The Labute approximate surface area is 180 Å². The first-order valence-corrected chi connectivity index (χ1v) is 10.6. The normalized spacial score (nSPS) is 22.3. The average Bonchev–Trinajstić information content (AvgIpc) is 2.94. The fourth-order valence-corrected chi connectivity index (χ4v) is 4.62. The molecule has 1 fully saturated rings. The number of rotatable bonds is 4. The maximum Gasteiger partial charge on any atom is 0.278 e. The summed E-state index contributed by atoms with van der Waals surface area (Å²) in [5.74, 6) is -0.110. The second kappa shape index (κ2) is 8.23. The van der Waals surface area contributed by atoms with Gasteiger partial charge < -0.3 is 4.90 Å². The summed E-state index contributed by atoms with van der Waals surface area (Å²) in [7, 11) is 0. The Bertz CT molecular complexity index is 991. The number of benzene rings is 2. The first kappa shape index (κ1) is 20.6. The van der Waals surface area contributed by atoms with Gasteiger partial charge >= 0.3 is 0 Å². The van der Waals surface area contributed by atoms with Gasteiger partial charge in [0.1, 0.15) is 11.5 Å². The Hall–Kier alpha value is -2.66. The van der Waals surface area contributed by atoms with Crippen LogP contribution in [0.4, 0.5) is 4.39 Å². The molecular weight excluding hydrogens is 403 g/mol. The van der Waals surface area contributed by atoms with Crippen LogP contribution in [-0.4, -0.2) is 34.7 Å². The Morgan fingerprint density at radius 3 is 2.13 bits per heavy atom. The van der Waals surface area contributed by atoms with Gasteiger partial charge in [-0.25, -0.2) is 4.39 Å². The zero-order valence-corrected chi connectivity index (χ0v) is 17.8. The van der Waals surface area contributed by atoms with E-state index in [1.807, 2.05) is 0 Å². The van der Waals surface area contributed by atoms with E-state index in [1.54, 1.807) is 36.4 Å². The third kappa shape index (κ3) is 3.99. The number of carbonyl (C=O) groups excluding carboxylic acids is 2. The zero-order chi connectivity index (χ0) is 21.4. The summed E-state index contributed by atoms with van der Waals surface area (Å²) < 4.78 is 13.3. The third-order valence-corrected chi connectivity index (χ3v) is 5.97. The Kier molecular flexibility index (Phi) is 5.65. The van der Waals surface area contributed by atoms with Crippen LogP contribution in [0, 0.1) is 17.7 Å². The molecule has 0 bridgehead atoms. The van der Waals surface area contributed by atoms with Crippen molar-refractivity contribution in [3.05, 3.63) is 76.2 Å². The third-order valence-electron chi connectivity index (χ3n) is 5.72. The minimum Gasteiger partial charge on any atom is -0.366 e. The number of piperidine rings is 1. The number of nitrogens with zero attached hydrogens (tertiary/aromatic N) is 2. The molecule has 6 heteroatoms. The van der Waals surface area contributed by atoms with Crippen LogP contribution in [0.15, 0.2) is 54.2 Å². The van der Waals surface area contributed by atoms with Gasteiger partial charge in [-0.1, -0.05) is 49.7 Å². The predicted octanol–water partition coefficient (Wildman–Crippen LogP) is 4.74. The van der Waals surface area contributed by atoms with Gasteiger partial charge in [0.05, 0.1) is 12.1 Å². The van der Waals surface area contributed by atoms with Crippen molar-refractivity contribution in [3.63, 3.8) is 0 Å². The number of likely N-dealkylation sites (tertiary alicyclic amines) is 1. The number of halogens is 2. The first-order valence-electron chi connectivity index (χ1n) is 10.2. The highest BCUT2D eigenvalue weighted by Crippen LogP contribution is 2.36. The topological polar surface area (TPSA) is 40.6 Å². The summed E-state index contributed by atoms with van der Waals surface area (Å²) in [5, 5.41) is 0.570. The summed E-state index contributed by atoms with van der Waals surface area (Å²) in [6.07, 6.45) is 1.10. The van der Waals surface area contributed by atoms with Gasteiger partial charge in [-0.05, 0) is 53.6 Å². The molecule has 156 valence electrons. The van der Waals surface area contributed by atoms with Crippen molar-refractivity contribution in [3.8, 4) is 0 Å². The summed E-state index contributed by atoms with van der Waals surface area (Å²) >= 11 is 6.04. The SMILES string of the molecule is CC1CC(C)CN(C2=C(c3ccc(Cl)cc3)C(=O)N(Cc3ccc(F)cc3)C2=O)C1. The summed E-state index contributed by atoms with van der Waals surface area (Å²) in [6.45, 7) is 5.92. The molecule has 30 heavy (non-hydrogen) atoms. The molecule has 2 atom stereocenters. The van der Waals surface area contributed by atoms with Crippen molar-refractivity contribution < 1.29 is 14.0 Å². The molecule has 2 aliphatic heterocycles. The van der Waals surface area contributed by atoms with Crippen LogP contribution in [0.5, 0.6) is 0 Å². The summed E-state index contributed by atoms with van der Waals surface area (Å²) in [4.78, 5) is 30.2. The molecule has 4 rings (SSSR count). The lowest BCUT2D eigenvalue weighted by Gasteiger charge is -2.37.